The quantitative estimate of drug-likeness (QED) is 0.657. The van der Waals surface area contributed by atoms with E-state index >= 15 is 0 Å². The van der Waals surface area contributed by atoms with Gasteiger partial charge in [0.2, 0.25) is 0 Å². The van der Waals surface area contributed by atoms with E-state index in [9.17, 15) is 18.0 Å². The summed E-state index contributed by atoms with van der Waals surface area (Å²) >= 11 is 0. The van der Waals surface area contributed by atoms with E-state index in [1.54, 1.807) is 11.0 Å². The summed E-state index contributed by atoms with van der Waals surface area (Å²) in [5, 5.41) is 4.64. The van der Waals surface area contributed by atoms with Crippen LogP contribution in [0.2, 0.25) is 0 Å². The monoisotopic (exact) mass is 420 g/mol. The minimum atomic E-state index is -3.11. The highest BCUT2D eigenvalue weighted by Crippen LogP contribution is 2.29. The van der Waals surface area contributed by atoms with Crippen molar-refractivity contribution in [3.63, 3.8) is 0 Å². The van der Waals surface area contributed by atoms with E-state index in [1.165, 1.54) is 0 Å². The van der Waals surface area contributed by atoms with E-state index in [4.69, 9.17) is 9.26 Å². The van der Waals surface area contributed by atoms with E-state index in [-0.39, 0.29) is 42.5 Å². The average molecular weight is 420 g/mol. The molecule has 1 aromatic carbocycles. The standard InChI is InChI=1S/C20H24N2O6S/c23-19(22(14-5-1-2-6-14)15-9-10-29(25,26)13-15)12-27-20(24)11-17-16-7-3-4-8-18(16)28-21-17/h3-4,7-8,14-15H,1-2,5-6,9-13H2/t15-/m0/s1. The van der Waals surface area contributed by atoms with Crippen LogP contribution in [0.1, 0.15) is 37.8 Å². The second-order valence-corrected chi connectivity index (χ2v) is 9.99. The van der Waals surface area contributed by atoms with Gasteiger partial charge in [-0.2, -0.15) is 0 Å². The van der Waals surface area contributed by atoms with Crippen LogP contribution >= 0.6 is 0 Å². The highest BCUT2D eigenvalue weighted by Gasteiger charge is 2.39. The van der Waals surface area contributed by atoms with Crippen molar-refractivity contribution in [2.24, 2.45) is 0 Å². The van der Waals surface area contributed by atoms with Crippen LogP contribution in [-0.4, -0.2) is 60.5 Å². The predicted molar refractivity (Wildman–Crippen MR) is 105 cm³/mol. The third kappa shape index (κ3) is 4.44. The maximum absolute atomic E-state index is 12.9. The SMILES string of the molecule is O=C(Cc1noc2ccccc12)OCC(=O)N(C1CCCC1)[C@H]1CCS(=O)(=O)C1. The summed E-state index contributed by atoms with van der Waals surface area (Å²) in [5.74, 6) is -0.790. The van der Waals surface area contributed by atoms with Gasteiger partial charge in [0, 0.05) is 17.5 Å². The summed E-state index contributed by atoms with van der Waals surface area (Å²) in [6.07, 6.45) is 4.12. The molecule has 1 saturated heterocycles. The molecule has 1 atom stereocenters. The number of nitrogens with zero attached hydrogens (tertiary/aromatic N) is 2. The number of ether oxygens (including phenoxy) is 1. The molecule has 2 aromatic rings. The predicted octanol–water partition coefficient (Wildman–Crippen LogP) is 1.87. The first-order valence-corrected chi connectivity index (χ1v) is 11.8. The molecule has 29 heavy (non-hydrogen) atoms. The number of aromatic nitrogens is 1. The molecule has 0 N–H and O–H groups in total. The smallest absolute Gasteiger partial charge is 0.312 e. The molecule has 156 valence electrons. The maximum Gasteiger partial charge on any atom is 0.312 e. The number of rotatable bonds is 6. The molecule has 1 saturated carbocycles. The van der Waals surface area contributed by atoms with E-state index < -0.39 is 15.8 Å². The van der Waals surface area contributed by atoms with Gasteiger partial charge in [0.1, 0.15) is 5.69 Å². The molecule has 0 spiro atoms. The number of carbonyl (C=O) groups is 2. The minimum Gasteiger partial charge on any atom is -0.455 e. The molecule has 0 radical (unpaired) electrons. The summed E-state index contributed by atoms with van der Waals surface area (Å²) in [7, 11) is -3.11. The van der Waals surface area contributed by atoms with E-state index in [0.29, 0.717) is 17.7 Å². The van der Waals surface area contributed by atoms with Crippen LogP contribution < -0.4 is 0 Å². The Hall–Kier alpha value is -2.42. The Morgan fingerprint density at radius 3 is 2.62 bits per heavy atom. The highest BCUT2D eigenvalue weighted by atomic mass is 32.2. The van der Waals surface area contributed by atoms with E-state index in [0.717, 1.165) is 31.1 Å². The fourth-order valence-electron chi connectivity index (χ4n) is 4.35. The van der Waals surface area contributed by atoms with Crippen molar-refractivity contribution in [2.75, 3.05) is 18.1 Å². The number of fused-ring (bicyclic) bond motifs is 1. The summed E-state index contributed by atoms with van der Waals surface area (Å²) < 4.78 is 34.2. The van der Waals surface area contributed by atoms with Crippen molar-refractivity contribution >= 4 is 32.7 Å². The van der Waals surface area contributed by atoms with Crippen molar-refractivity contribution in [3.8, 4) is 0 Å². The minimum absolute atomic E-state index is 0.00584. The van der Waals surface area contributed by atoms with Crippen LogP contribution in [0.4, 0.5) is 0 Å². The first-order chi connectivity index (χ1) is 13.9. The normalized spacial score (nSPS) is 21.4. The summed E-state index contributed by atoms with van der Waals surface area (Å²) in [6.45, 7) is -0.387. The largest absolute Gasteiger partial charge is 0.455 e. The topological polar surface area (TPSA) is 107 Å². The van der Waals surface area contributed by atoms with Gasteiger partial charge in [-0.05, 0) is 31.4 Å². The lowest BCUT2D eigenvalue weighted by molar-refractivity contribution is -0.153. The van der Waals surface area contributed by atoms with Crippen LogP contribution in [0.15, 0.2) is 28.8 Å². The number of carbonyl (C=O) groups excluding carboxylic acids is 2. The lowest BCUT2D eigenvalue weighted by Crippen LogP contribution is -2.48. The number of esters is 1. The highest BCUT2D eigenvalue weighted by molar-refractivity contribution is 7.91. The van der Waals surface area contributed by atoms with Crippen molar-refractivity contribution in [2.45, 2.75) is 50.6 Å². The third-order valence-electron chi connectivity index (χ3n) is 5.73. The van der Waals surface area contributed by atoms with Crippen LogP contribution in [-0.2, 0) is 30.6 Å². The number of hydrogen-bond acceptors (Lipinski definition) is 7. The average Bonchev–Trinajstić information content (AvgIpc) is 3.42. The third-order valence-corrected chi connectivity index (χ3v) is 7.48. The summed E-state index contributed by atoms with van der Waals surface area (Å²) in [5.41, 5.74) is 1.05. The number of benzene rings is 1. The van der Waals surface area contributed by atoms with Gasteiger partial charge in [-0.3, -0.25) is 9.59 Å². The van der Waals surface area contributed by atoms with Gasteiger partial charge in [-0.1, -0.05) is 30.1 Å². The molecular weight excluding hydrogens is 396 g/mol. The number of hydrogen-bond donors (Lipinski definition) is 0. The van der Waals surface area contributed by atoms with Crippen molar-refractivity contribution in [1.82, 2.24) is 10.1 Å². The molecular formula is C20H24N2O6S. The van der Waals surface area contributed by atoms with E-state index in [2.05, 4.69) is 5.16 Å². The lowest BCUT2D eigenvalue weighted by atomic mass is 10.1. The molecule has 0 unspecified atom stereocenters. The zero-order valence-corrected chi connectivity index (χ0v) is 16.9. The Balaban J connectivity index is 1.39. The molecule has 4 rings (SSSR count). The molecule has 0 bridgehead atoms. The Kier molecular flexibility index (Phi) is 5.58. The zero-order valence-electron chi connectivity index (χ0n) is 16.1. The molecule has 2 fully saturated rings. The number of sulfone groups is 1. The van der Waals surface area contributed by atoms with Gasteiger partial charge in [0.15, 0.2) is 22.0 Å². The molecule has 1 aliphatic carbocycles. The maximum atomic E-state index is 12.9. The van der Waals surface area contributed by atoms with E-state index in [1.807, 2.05) is 18.2 Å². The second kappa shape index (κ2) is 8.14. The fraction of sp³-hybridized carbons (Fsp3) is 0.550. The zero-order chi connectivity index (χ0) is 20.4. The Morgan fingerprint density at radius 2 is 1.90 bits per heavy atom. The number of para-hydroxylation sites is 1. The first kappa shape index (κ1) is 19.9. The van der Waals surface area contributed by atoms with Gasteiger partial charge >= 0.3 is 5.97 Å². The second-order valence-electron chi connectivity index (χ2n) is 7.76. The summed E-state index contributed by atoms with van der Waals surface area (Å²) in [4.78, 5) is 26.8. The summed E-state index contributed by atoms with van der Waals surface area (Å²) in [6, 6.07) is 6.91. The molecule has 2 heterocycles. The van der Waals surface area contributed by atoms with Crippen molar-refractivity contribution in [3.05, 3.63) is 30.0 Å². The van der Waals surface area contributed by atoms with Crippen LogP contribution in [0.25, 0.3) is 11.0 Å². The van der Waals surface area contributed by atoms with Gasteiger partial charge in [-0.15, -0.1) is 0 Å². The first-order valence-electron chi connectivity index (χ1n) is 9.93. The van der Waals surface area contributed by atoms with Gasteiger partial charge in [0.05, 0.1) is 17.9 Å². The number of amides is 1. The molecule has 1 aromatic heterocycles. The van der Waals surface area contributed by atoms with Gasteiger partial charge in [0.25, 0.3) is 5.91 Å². The molecule has 8 nitrogen and oxygen atoms in total. The Labute approximate surface area is 169 Å². The van der Waals surface area contributed by atoms with Gasteiger partial charge < -0.3 is 14.2 Å². The Morgan fingerprint density at radius 1 is 1.14 bits per heavy atom. The lowest BCUT2D eigenvalue weighted by Gasteiger charge is -2.33. The van der Waals surface area contributed by atoms with Crippen LogP contribution in [0.5, 0.6) is 0 Å². The van der Waals surface area contributed by atoms with Crippen molar-refractivity contribution < 1.29 is 27.3 Å². The fourth-order valence-corrected chi connectivity index (χ4v) is 6.06. The van der Waals surface area contributed by atoms with Crippen molar-refractivity contribution in [1.29, 1.82) is 0 Å². The molecule has 1 amide bonds. The molecule has 1 aliphatic heterocycles. The molecule has 9 heteroatoms. The van der Waals surface area contributed by atoms with Crippen LogP contribution in [0, 0.1) is 0 Å². The Bertz CT molecular complexity index is 1010. The van der Waals surface area contributed by atoms with Gasteiger partial charge in [-0.25, -0.2) is 8.42 Å². The molecule has 2 aliphatic rings. The van der Waals surface area contributed by atoms with Crippen LogP contribution in [0.3, 0.4) is 0 Å².